The summed E-state index contributed by atoms with van der Waals surface area (Å²) < 4.78 is 6.88. The predicted molar refractivity (Wildman–Crippen MR) is 128 cm³/mol. The summed E-state index contributed by atoms with van der Waals surface area (Å²) in [6.45, 7) is 7.93. The molecule has 1 fully saturated rings. The number of fused-ring (bicyclic) bond motifs is 1. The van der Waals surface area contributed by atoms with E-state index in [1.54, 1.807) is 23.1 Å². The summed E-state index contributed by atoms with van der Waals surface area (Å²) in [6.07, 6.45) is 4.25. The van der Waals surface area contributed by atoms with Gasteiger partial charge in [-0.15, -0.1) is 0 Å². The standard InChI is InChI=1S/C26H26N6O4/c1-16-8-23(28-11-19(16)9-27)32-13-18(10-29-32)12-30-6-7-31(25(34)35)26(3,15-30)22-5-4-20-21(17(22)2)14-36-24(20)33/h4-5,8,10-11,13H,6-7,12,14-15H2,1-3H3,(H,34,35). The second kappa shape index (κ2) is 8.77. The number of nitriles is 1. The molecule has 5 rings (SSSR count). The number of hydrogen-bond acceptors (Lipinski definition) is 7. The number of carbonyl (C=O) groups is 2. The Hall–Kier alpha value is -4.23. The van der Waals surface area contributed by atoms with E-state index in [4.69, 9.17) is 10.00 Å². The van der Waals surface area contributed by atoms with E-state index in [0.29, 0.717) is 43.1 Å². The number of ether oxygens (including phenoxy) is 1. The van der Waals surface area contributed by atoms with Gasteiger partial charge in [-0.3, -0.25) is 9.80 Å². The van der Waals surface area contributed by atoms with Crippen molar-refractivity contribution in [3.05, 3.63) is 75.7 Å². The van der Waals surface area contributed by atoms with Gasteiger partial charge in [0, 0.05) is 49.7 Å². The lowest BCUT2D eigenvalue weighted by Crippen LogP contribution is -2.60. The first-order chi connectivity index (χ1) is 17.2. The molecule has 0 saturated carbocycles. The van der Waals surface area contributed by atoms with Crippen LogP contribution in [0.2, 0.25) is 0 Å². The maximum absolute atomic E-state index is 12.2. The fraction of sp³-hybridized carbons (Fsp3) is 0.346. The molecule has 2 aliphatic rings. The summed E-state index contributed by atoms with van der Waals surface area (Å²) in [7, 11) is 0. The van der Waals surface area contributed by atoms with Crippen molar-refractivity contribution in [3.63, 3.8) is 0 Å². The molecule has 1 saturated heterocycles. The Bertz CT molecular complexity index is 1420. The molecule has 0 aliphatic carbocycles. The molecule has 1 aromatic carbocycles. The minimum Gasteiger partial charge on any atom is -0.465 e. The number of piperazine rings is 1. The first-order valence-electron chi connectivity index (χ1n) is 11.6. The number of esters is 1. The minimum atomic E-state index is -0.973. The van der Waals surface area contributed by atoms with Gasteiger partial charge >= 0.3 is 12.1 Å². The van der Waals surface area contributed by atoms with E-state index in [2.05, 4.69) is 21.1 Å². The molecule has 1 amide bonds. The summed E-state index contributed by atoms with van der Waals surface area (Å²) in [5, 5.41) is 23.6. The number of carboxylic acid groups (broad SMARTS) is 1. The van der Waals surface area contributed by atoms with Crippen LogP contribution in [0, 0.1) is 25.2 Å². The third-order valence-electron chi connectivity index (χ3n) is 7.24. The molecule has 0 spiro atoms. The maximum Gasteiger partial charge on any atom is 0.408 e. The summed E-state index contributed by atoms with van der Waals surface area (Å²) in [5.41, 5.74) is 4.66. The fourth-order valence-corrected chi connectivity index (χ4v) is 5.30. The number of pyridine rings is 1. The Balaban J connectivity index is 1.41. The average Bonchev–Trinajstić information content (AvgIpc) is 3.46. The van der Waals surface area contributed by atoms with Crippen molar-refractivity contribution in [2.75, 3.05) is 19.6 Å². The summed E-state index contributed by atoms with van der Waals surface area (Å²) >= 11 is 0. The Morgan fingerprint density at radius 2 is 2.08 bits per heavy atom. The van der Waals surface area contributed by atoms with E-state index in [1.165, 1.54) is 4.90 Å². The molecule has 10 nitrogen and oxygen atoms in total. The molecule has 4 heterocycles. The lowest BCUT2D eigenvalue weighted by atomic mass is 9.82. The van der Waals surface area contributed by atoms with Crippen LogP contribution in [0.3, 0.4) is 0 Å². The van der Waals surface area contributed by atoms with Crippen LogP contribution in [0.25, 0.3) is 5.82 Å². The average molecular weight is 487 g/mol. The zero-order valence-corrected chi connectivity index (χ0v) is 20.4. The third-order valence-corrected chi connectivity index (χ3v) is 7.24. The monoisotopic (exact) mass is 486 g/mol. The number of hydrogen-bond donors (Lipinski definition) is 1. The minimum absolute atomic E-state index is 0.211. The van der Waals surface area contributed by atoms with E-state index >= 15 is 0 Å². The molecule has 0 bridgehead atoms. The molecule has 1 atom stereocenters. The van der Waals surface area contributed by atoms with Crippen molar-refractivity contribution in [2.24, 2.45) is 0 Å². The zero-order chi connectivity index (χ0) is 25.6. The van der Waals surface area contributed by atoms with Gasteiger partial charge in [0.2, 0.25) is 0 Å². The zero-order valence-electron chi connectivity index (χ0n) is 20.4. The summed E-state index contributed by atoms with van der Waals surface area (Å²) in [6, 6.07) is 7.54. The van der Waals surface area contributed by atoms with Crippen molar-refractivity contribution in [1.82, 2.24) is 24.6 Å². The van der Waals surface area contributed by atoms with Crippen LogP contribution in [0.5, 0.6) is 0 Å². The molecule has 1 unspecified atom stereocenters. The van der Waals surface area contributed by atoms with E-state index in [1.807, 2.05) is 39.1 Å². The summed E-state index contributed by atoms with van der Waals surface area (Å²) in [5.74, 6) is 0.290. The SMILES string of the molecule is Cc1cc(-n2cc(CN3CCN(C(=O)O)C(C)(c4ccc5c(c4C)COC5=O)C3)cn2)ncc1C#N. The van der Waals surface area contributed by atoms with Crippen molar-refractivity contribution in [1.29, 1.82) is 5.26 Å². The normalized spacial score (nSPS) is 19.6. The molecular formula is C26H26N6O4. The number of cyclic esters (lactones) is 1. The number of nitrogens with zero attached hydrogens (tertiary/aromatic N) is 6. The van der Waals surface area contributed by atoms with Crippen molar-refractivity contribution >= 4 is 12.1 Å². The van der Waals surface area contributed by atoms with Gasteiger partial charge in [0.15, 0.2) is 5.82 Å². The van der Waals surface area contributed by atoms with Gasteiger partial charge in [0.25, 0.3) is 0 Å². The molecular weight excluding hydrogens is 460 g/mol. The summed E-state index contributed by atoms with van der Waals surface area (Å²) in [4.78, 5) is 32.3. The van der Waals surface area contributed by atoms with Gasteiger partial charge in [0.1, 0.15) is 12.7 Å². The molecule has 2 aliphatic heterocycles. The second-order valence-electron chi connectivity index (χ2n) is 9.52. The lowest BCUT2D eigenvalue weighted by Gasteiger charge is -2.48. The van der Waals surface area contributed by atoms with E-state index in [-0.39, 0.29) is 12.6 Å². The highest BCUT2D eigenvalue weighted by Crippen LogP contribution is 2.38. The van der Waals surface area contributed by atoms with Crippen LogP contribution < -0.4 is 0 Å². The molecule has 1 N–H and O–H groups in total. The largest absolute Gasteiger partial charge is 0.465 e. The van der Waals surface area contributed by atoms with Crippen molar-refractivity contribution in [3.8, 4) is 11.9 Å². The lowest BCUT2D eigenvalue weighted by molar-refractivity contribution is 0.0101. The van der Waals surface area contributed by atoms with Crippen molar-refractivity contribution in [2.45, 2.75) is 39.5 Å². The molecule has 10 heteroatoms. The maximum atomic E-state index is 12.2. The number of rotatable bonds is 4. The number of carbonyl (C=O) groups excluding carboxylic acids is 1. The molecule has 2 aromatic heterocycles. The van der Waals surface area contributed by atoms with Crippen LogP contribution in [-0.4, -0.2) is 61.4 Å². The fourth-order valence-electron chi connectivity index (χ4n) is 5.30. The van der Waals surface area contributed by atoms with Crippen LogP contribution in [-0.2, 0) is 23.4 Å². The van der Waals surface area contributed by atoms with Gasteiger partial charge in [-0.25, -0.2) is 19.3 Å². The highest BCUT2D eigenvalue weighted by molar-refractivity contribution is 5.94. The Morgan fingerprint density at radius 3 is 2.81 bits per heavy atom. The van der Waals surface area contributed by atoms with Gasteiger partial charge in [-0.1, -0.05) is 6.07 Å². The Morgan fingerprint density at radius 1 is 1.28 bits per heavy atom. The number of aromatic nitrogens is 3. The highest BCUT2D eigenvalue weighted by atomic mass is 16.5. The highest BCUT2D eigenvalue weighted by Gasteiger charge is 2.44. The molecule has 36 heavy (non-hydrogen) atoms. The van der Waals surface area contributed by atoms with Gasteiger partial charge in [-0.05, 0) is 49.6 Å². The predicted octanol–water partition coefficient (Wildman–Crippen LogP) is 3.14. The number of benzene rings is 1. The number of aryl methyl sites for hydroxylation is 1. The molecule has 3 aromatic rings. The van der Waals surface area contributed by atoms with Crippen LogP contribution in [0.1, 0.15) is 50.7 Å². The third kappa shape index (κ3) is 3.87. The molecule has 184 valence electrons. The van der Waals surface area contributed by atoms with E-state index in [9.17, 15) is 14.7 Å². The first-order valence-corrected chi connectivity index (χ1v) is 11.6. The van der Waals surface area contributed by atoms with Crippen LogP contribution in [0.4, 0.5) is 4.79 Å². The van der Waals surface area contributed by atoms with Gasteiger partial charge < -0.3 is 9.84 Å². The van der Waals surface area contributed by atoms with E-state index < -0.39 is 11.6 Å². The van der Waals surface area contributed by atoms with Crippen molar-refractivity contribution < 1.29 is 19.4 Å². The van der Waals surface area contributed by atoms with Gasteiger partial charge in [0.05, 0.1) is 22.9 Å². The number of amides is 1. The topological polar surface area (TPSA) is 125 Å². The first kappa shape index (κ1) is 23.5. The molecule has 0 radical (unpaired) electrons. The Labute approximate surface area is 208 Å². The quantitative estimate of drug-likeness (QED) is 0.558. The van der Waals surface area contributed by atoms with Crippen LogP contribution >= 0.6 is 0 Å². The second-order valence-corrected chi connectivity index (χ2v) is 9.52. The van der Waals surface area contributed by atoms with Gasteiger partial charge in [-0.2, -0.15) is 10.4 Å². The Kier molecular flexibility index (Phi) is 5.73. The smallest absolute Gasteiger partial charge is 0.408 e. The van der Waals surface area contributed by atoms with Crippen LogP contribution in [0.15, 0.2) is 36.8 Å². The van der Waals surface area contributed by atoms with E-state index in [0.717, 1.165) is 27.8 Å².